The molecule has 1 rings (SSSR count). The molecule has 4 heteroatoms. The van der Waals surface area contributed by atoms with Crippen LogP contribution in [0.4, 0.5) is 0 Å². The summed E-state index contributed by atoms with van der Waals surface area (Å²) in [5.41, 5.74) is 0. The van der Waals surface area contributed by atoms with E-state index in [2.05, 4.69) is 20.8 Å². The van der Waals surface area contributed by atoms with Crippen molar-refractivity contribution in [3.63, 3.8) is 0 Å². The number of ether oxygens (including phenoxy) is 3. The fraction of sp³-hybridized carbons (Fsp3) is 0.938. The molecule has 0 aliphatic heterocycles. The number of rotatable bonds is 7. The van der Waals surface area contributed by atoms with Gasteiger partial charge >= 0.3 is 5.97 Å². The third-order valence-electron chi connectivity index (χ3n) is 4.06. The second-order valence-corrected chi connectivity index (χ2v) is 6.04. The molecule has 1 aliphatic rings. The molecule has 0 bridgehead atoms. The minimum absolute atomic E-state index is 0.00494. The van der Waals surface area contributed by atoms with Crippen LogP contribution in [-0.2, 0) is 19.0 Å². The van der Waals surface area contributed by atoms with Gasteiger partial charge in [0.15, 0.2) is 0 Å². The summed E-state index contributed by atoms with van der Waals surface area (Å²) in [4.78, 5) is 12.2. The van der Waals surface area contributed by atoms with Crippen LogP contribution in [0.1, 0.15) is 53.9 Å². The maximum absolute atomic E-state index is 12.2. The highest BCUT2D eigenvalue weighted by Crippen LogP contribution is 2.35. The molecule has 0 aromatic heterocycles. The number of carbonyl (C=O) groups is 1. The molecule has 0 unspecified atom stereocenters. The Labute approximate surface area is 123 Å². The highest BCUT2D eigenvalue weighted by atomic mass is 16.7. The van der Waals surface area contributed by atoms with E-state index in [9.17, 15) is 4.79 Å². The van der Waals surface area contributed by atoms with E-state index < -0.39 is 6.29 Å². The van der Waals surface area contributed by atoms with Gasteiger partial charge in [-0.1, -0.05) is 27.2 Å². The number of hydrogen-bond donors (Lipinski definition) is 0. The van der Waals surface area contributed by atoms with Crippen molar-refractivity contribution >= 4 is 5.97 Å². The first-order valence-electron chi connectivity index (χ1n) is 7.93. The van der Waals surface area contributed by atoms with Crippen molar-refractivity contribution in [3.05, 3.63) is 0 Å². The summed E-state index contributed by atoms with van der Waals surface area (Å²) in [5.74, 6) is 1.20. The molecule has 118 valence electrons. The molecular formula is C16H30O4. The molecule has 0 amide bonds. The summed E-state index contributed by atoms with van der Waals surface area (Å²) >= 11 is 0. The Morgan fingerprint density at radius 1 is 1.15 bits per heavy atom. The van der Waals surface area contributed by atoms with Gasteiger partial charge in [-0.3, -0.25) is 0 Å². The molecular weight excluding hydrogens is 256 g/mol. The van der Waals surface area contributed by atoms with E-state index in [1.807, 2.05) is 13.8 Å². The van der Waals surface area contributed by atoms with Crippen LogP contribution in [0.15, 0.2) is 0 Å². The summed E-state index contributed by atoms with van der Waals surface area (Å²) in [5, 5.41) is 0. The zero-order chi connectivity index (χ0) is 15.1. The lowest BCUT2D eigenvalue weighted by atomic mass is 9.75. The third kappa shape index (κ3) is 5.06. The fourth-order valence-corrected chi connectivity index (χ4v) is 2.94. The SMILES string of the molecule is CCOC(OCC)C(=O)O[C@H]1C[C@@H](C)CC[C@@H]1C(C)C. The molecule has 0 saturated heterocycles. The molecule has 1 fully saturated rings. The second kappa shape index (κ2) is 8.63. The summed E-state index contributed by atoms with van der Waals surface area (Å²) in [6.45, 7) is 11.2. The van der Waals surface area contributed by atoms with Crippen molar-refractivity contribution in [3.8, 4) is 0 Å². The predicted molar refractivity (Wildman–Crippen MR) is 78.3 cm³/mol. The molecule has 20 heavy (non-hydrogen) atoms. The van der Waals surface area contributed by atoms with Crippen LogP contribution in [-0.4, -0.2) is 31.6 Å². The van der Waals surface area contributed by atoms with Crippen LogP contribution in [0.25, 0.3) is 0 Å². The van der Waals surface area contributed by atoms with Gasteiger partial charge in [-0.05, 0) is 44.4 Å². The van der Waals surface area contributed by atoms with Gasteiger partial charge in [-0.15, -0.1) is 0 Å². The Morgan fingerprint density at radius 2 is 1.75 bits per heavy atom. The lowest BCUT2D eigenvalue weighted by Gasteiger charge is -2.37. The van der Waals surface area contributed by atoms with E-state index in [-0.39, 0.29) is 12.1 Å². The fourth-order valence-electron chi connectivity index (χ4n) is 2.94. The minimum atomic E-state index is -0.880. The highest BCUT2D eigenvalue weighted by Gasteiger charge is 2.35. The quantitative estimate of drug-likeness (QED) is 0.531. The third-order valence-corrected chi connectivity index (χ3v) is 4.06. The van der Waals surface area contributed by atoms with Gasteiger partial charge in [-0.25, -0.2) is 4.79 Å². The molecule has 0 aromatic rings. The standard InChI is InChI=1S/C16H30O4/c1-6-18-16(19-7-2)15(17)20-14-10-12(5)8-9-13(14)11(3)4/h11-14,16H,6-10H2,1-5H3/t12-,13+,14-/m0/s1. The normalized spacial score (nSPS) is 27.1. The maximum Gasteiger partial charge on any atom is 0.363 e. The first-order valence-corrected chi connectivity index (χ1v) is 7.93. The van der Waals surface area contributed by atoms with E-state index in [1.54, 1.807) is 0 Å². The smallest absolute Gasteiger partial charge is 0.363 e. The van der Waals surface area contributed by atoms with Crippen LogP contribution < -0.4 is 0 Å². The van der Waals surface area contributed by atoms with Crippen LogP contribution in [0.2, 0.25) is 0 Å². The van der Waals surface area contributed by atoms with Crippen LogP contribution in [0, 0.1) is 17.8 Å². The van der Waals surface area contributed by atoms with Crippen LogP contribution >= 0.6 is 0 Å². The average molecular weight is 286 g/mol. The number of esters is 1. The van der Waals surface area contributed by atoms with E-state index >= 15 is 0 Å². The molecule has 0 N–H and O–H groups in total. The topological polar surface area (TPSA) is 44.8 Å². The van der Waals surface area contributed by atoms with Crippen LogP contribution in [0.3, 0.4) is 0 Å². The first-order chi connectivity index (χ1) is 9.49. The summed E-state index contributed by atoms with van der Waals surface area (Å²) in [7, 11) is 0. The van der Waals surface area contributed by atoms with Gasteiger partial charge < -0.3 is 14.2 Å². The van der Waals surface area contributed by atoms with E-state index in [1.165, 1.54) is 6.42 Å². The predicted octanol–water partition coefficient (Wildman–Crippen LogP) is 3.39. The van der Waals surface area contributed by atoms with Gasteiger partial charge in [0, 0.05) is 13.2 Å². The Balaban J connectivity index is 2.63. The monoisotopic (exact) mass is 286 g/mol. The summed E-state index contributed by atoms with van der Waals surface area (Å²) in [6, 6.07) is 0. The van der Waals surface area contributed by atoms with Gasteiger partial charge in [0.2, 0.25) is 0 Å². The van der Waals surface area contributed by atoms with Crippen molar-refractivity contribution < 1.29 is 19.0 Å². The molecule has 0 spiro atoms. The largest absolute Gasteiger partial charge is 0.458 e. The second-order valence-electron chi connectivity index (χ2n) is 6.04. The number of carbonyl (C=O) groups excluding carboxylic acids is 1. The molecule has 3 atom stereocenters. The Bertz CT molecular complexity index is 284. The van der Waals surface area contributed by atoms with Crippen molar-refractivity contribution in [1.82, 2.24) is 0 Å². The van der Waals surface area contributed by atoms with Crippen molar-refractivity contribution in [2.75, 3.05) is 13.2 Å². The molecule has 0 aromatic carbocycles. The van der Waals surface area contributed by atoms with E-state index in [0.29, 0.717) is 31.0 Å². The molecule has 0 radical (unpaired) electrons. The Hall–Kier alpha value is -0.610. The summed E-state index contributed by atoms with van der Waals surface area (Å²) < 4.78 is 16.3. The van der Waals surface area contributed by atoms with Crippen molar-refractivity contribution in [2.24, 2.45) is 17.8 Å². The van der Waals surface area contributed by atoms with E-state index in [4.69, 9.17) is 14.2 Å². The molecule has 4 nitrogen and oxygen atoms in total. The van der Waals surface area contributed by atoms with Gasteiger partial charge in [-0.2, -0.15) is 0 Å². The van der Waals surface area contributed by atoms with Gasteiger partial charge in [0.25, 0.3) is 6.29 Å². The summed E-state index contributed by atoms with van der Waals surface area (Å²) in [6.07, 6.45) is 2.41. The highest BCUT2D eigenvalue weighted by molar-refractivity contribution is 5.73. The Kier molecular flexibility index (Phi) is 7.52. The molecule has 1 saturated carbocycles. The average Bonchev–Trinajstić information content (AvgIpc) is 2.38. The van der Waals surface area contributed by atoms with Crippen molar-refractivity contribution in [1.29, 1.82) is 0 Å². The lowest BCUT2D eigenvalue weighted by Crippen LogP contribution is -2.40. The zero-order valence-electron chi connectivity index (χ0n) is 13.6. The zero-order valence-corrected chi connectivity index (χ0v) is 13.6. The van der Waals surface area contributed by atoms with Gasteiger partial charge in [0.05, 0.1) is 0 Å². The Morgan fingerprint density at radius 3 is 2.25 bits per heavy atom. The van der Waals surface area contributed by atoms with Crippen LogP contribution in [0.5, 0.6) is 0 Å². The number of hydrogen-bond acceptors (Lipinski definition) is 4. The van der Waals surface area contributed by atoms with E-state index in [0.717, 1.165) is 12.8 Å². The van der Waals surface area contributed by atoms with Crippen molar-refractivity contribution in [2.45, 2.75) is 66.3 Å². The first kappa shape index (κ1) is 17.4. The molecule has 0 heterocycles. The maximum atomic E-state index is 12.2. The minimum Gasteiger partial charge on any atom is -0.458 e. The van der Waals surface area contributed by atoms with Gasteiger partial charge in [0.1, 0.15) is 6.10 Å². The molecule has 1 aliphatic carbocycles. The lowest BCUT2D eigenvalue weighted by molar-refractivity contribution is -0.203.